The summed E-state index contributed by atoms with van der Waals surface area (Å²) in [6.07, 6.45) is -3.51. The van der Waals surface area contributed by atoms with E-state index in [4.69, 9.17) is 4.42 Å². The molecule has 1 aromatic heterocycles. The fraction of sp³-hybridized carbons (Fsp3) is 0.350. The number of nitrogens with zero attached hydrogens (tertiary/aromatic N) is 1. The first kappa shape index (κ1) is 17.1. The van der Waals surface area contributed by atoms with Gasteiger partial charge in [0.2, 0.25) is 0 Å². The molecule has 1 unspecified atom stereocenters. The van der Waals surface area contributed by atoms with Crippen molar-refractivity contribution in [1.82, 2.24) is 4.90 Å². The van der Waals surface area contributed by atoms with E-state index >= 15 is 0 Å². The fourth-order valence-electron chi connectivity index (χ4n) is 3.85. The maximum Gasteiger partial charge on any atom is 0.393 e. The van der Waals surface area contributed by atoms with Gasteiger partial charge in [-0.3, -0.25) is 4.90 Å². The molecule has 0 amide bonds. The highest BCUT2D eigenvalue weighted by molar-refractivity contribution is 6.07. The third kappa shape index (κ3) is 3.21. The molecule has 136 valence electrons. The summed E-state index contributed by atoms with van der Waals surface area (Å²) in [5.41, 5.74) is 0.707. The highest BCUT2D eigenvalue weighted by atomic mass is 19.4. The van der Waals surface area contributed by atoms with Gasteiger partial charge in [0.05, 0.1) is 5.92 Å². The third-order valence-corrected chi connectivity index (χ3v) is 5.08. The zero-order chi connectivity index (χ0) is 18.3. The number of hydrogen-bond acceptors (Lipinski definition) is 3. The van der Waals surface area contributed by atoms with Crippen LogP contribution in [-0.2, 0) is 6.54 Å². The molecule has 1 aliphatic heterocycles. The van der Waals surface area contributed by atoms with Crippen molar-refractivity contribution in [3.8, 4) is 0 Å². The normalized spacial score (nSPS) is 19.3. The summed E-state index contributed by atoms with van der Waals surface area (Å²) in [6, 6.07) is 12.8. The molecule has 0 radical (unpaired) electrons. The Morgan fingerprint density at radius 2 is 1.96 bits per heavy atom. The number of rotatable bonds is 2. The molecular formula is C20H18F3NO2. The van der Waals surface area contributed by atoms with Gasteiger partial charge in [0, 0.05) is 24.5 Å². The van der Waals surface area contributed by atoms with Crippen LogP contribution >= 0.6 is 0 Å². The number of likely N-dealkylation sites (tertiary alicyclic amines) is 1. The van der Waals surface area contributed by atoms with Crippen molar-refractivity contribution in [1.29, 1.82) is 0 Å². The Labute approximate surface area is 148 Å². The molecule has 2 heterocycles. The number of piperidine rings is 1. The van der Waals surface area contributed by atoms with Crippen molar-refractivity contribution in [3.05, 3.63) is 58.4 Å². The Morgan fingerprint density at radius 1 is 1.15 bits per heavy atom. The summed E-state index contributed by atoms with van der Waals surface area (Å²) < 4.78 is 44.6. The van der Waals surface area contributed by atoms with Crippen LogP contribution < -0.4 is 5.63 Å². The Kier molecular flexibility index (Phi) is 4.23. The summed E-state index contributed by atoms with van der Waals surface area (Å²) in [7, 11) is 0. The minimum Gasteiger partial charge on any atom is -0.423 e. The van der Waals surface area contributed by atoms with E-state index in [-0.39, 0.29) is 13.0 Å². The second-order valence-corrected chi connectivity index (χ2v) is 6.87. The van der Waals surface area contributed by atoms with E-state index < -0.39 is 17.7 Å². The summed E-state index contributed by atoms with van der Waals surface area (Å²) in [6.45, 7) is 0.873. The second kappa shape index (κ2) is 6.43. The molecule has 1 saturated heterocycles. The fourth-order valence-corrected chi connectivity index (χ4v) is 3.85. The molecule has 0 aliphatic carbocycles. The SMILES string of the molecule is O=c1cc(CN2CCCC(C(F)(F)F)C2)c2c(ccc3ccccc32)o1. The van der Waals surface area contributed by atoms with Crippen LogP contribution in [0.15, 0.2) is 51.7 Å². The van der Waals surface area contributed by atoms with Gasteiger partial charge in [0.25, 0.3) is 0 Å². The van der Waals surface area contributed by atoms with E-state index in [1.807, 2.05) is 30.3 Å². The number of alkyl halides is 3. The summed E-state index contributed by atoms with van der Waals surface area (Å²) in [4.78, 5) is 13.7. The Balaban J connectivity index is 1.76. The van der Waals surface area contributed by atoms with Crippen molar-refractivity contribution in [3.63, 3.8) is 0 Å². The lowest BCUT2D eigenvalue weighted by molar-refractivity contribution is -0.187. The van der Waals surface area contributed by atoms with Crippen molar-refractivity contribution >= 4 is 21.7 Å². The van der Waals surface area contributed by atoms with Crippen LogP contribution in [0.2, 0.25) is 0 Å². The van der Waals surface area contributed by atoms with Crippen LogP contribution in [0.25, 0.3) is 21.7 Å². The molecule has 6 heteroatoms. The van der Waals surface area contributed by atoms with E-state index in [1.165, 1.54) is 6.07 Å². The van der Waals surface area contributed by atoms with Crippen molar-refractivity contribution < 1.29 is 17.6 Å². The van der Waals surface area contributed by atoms with Gasteiger partial charge in [0.15, 0.2) is 0 Å². The van der Waals surface area contributed by atoms with Gasteiger partial charge in [0.1, 0.15) is 5.58 Å². The smallest absolute Gasteiger partial charge is 0.393 e. The standard InChI is InChI=1S/C20H18F3NO2/c21-20(22,23)15-5-3-9-24(12-15)11-14-10-18(25)26-17-8-7-13-4-1-2-6-16(13)19(14)17/h1-2,4,6-8,10,15H,3,5,9,11-12H2. The first-order chi connectivity index (χ1) is 12.4. The lowest BCUT2D eigenvalue weighted by Gasteiger charge is -2.33. The number of hydrogen-bond donors (Lipinski definition) is 0. The molecule has 0 bridgehead atoms. The predicted octanol–water partition coefficient (Wildman–Crippen LogP) is 4.72. The number of fused-ring (bicyclic) bond motifs is 3. The molecule has 1 fully saturated rings. The predicted molar refractivity (Wildman–Crippen MR) is 94.0 cm³/mol. The zero-order valence-corrected chi connectivity index (χ0v) is 14.1. The van der Waals surface area contributed by atoms with Gasteiger partial charge in [-0.1, -0.05) is 30.3 Å². The van der Waals surface area contributed by atoms with Gasteiger partial charge in [-0.2, -0.15) is 13.2 Å². The number of benzene rings is 2. The quantitative estimate of drug-likeness (QED) is 0.489. The maximum absolute atomic E-state index is 13.1. The van der Waals surface area contributed by atoms with Crippen LogP contribution in [-0.4, -0.2) is 24.2 Å². The molecule has 4 rings (SSSR count). The first-order valence-electron chi connectivity index (χ1n) is 8.65. The summed E-state index contributed by atoms with van der Waals surface area (Å²) in [5.74, 6) is -1.31. The van der Waals surface area contributed by atoms with Gasteiger partial charge >= 0.3 is 11.8 Å². The van der Waals surface area contributed by atoms with E-state index in [2.05, 4.69) is 0 Å². The average molecular weight is 361 g/mol. The lowest BCUT2D eigenvalue weighted by Crippen LogP contribution is -2.41. The van der Waals surface area contributed by atoms with Gasteiger partial charge in [-0.15, -0.1) is 0 Å². The Morgan fingerprint density at radius 3 is 2.77 bits per heavy atom. The van der Waals surface area contributed by atoms with Gasteiger partial charge < -0.3 is 4.42 Å². The van der Waals surface area contributed by atoms with Crippen molar-refractivity contribution in [2.24, 2.45) is 5.92 Å². The second-order valence-electron chi connectivity index (χ2n) is 6.87. The van der Waals surface area contributed by atoms with E-state index in [9.17, 15) is 18.0 Å². The molecule has 1 aliphatic rings. The Bertz CT molecular complexity index is 1010. The van der Waals surface area contributed by atoms with Crippen molar-refractivity contribution in [2.75, 3.05) is 13.1 Å². The largest absolute Gasteiger partial charge is 0.423 e. The molecule has 0 spiro atoms. The molecule has 0 saturated carbocycles. The van der Waals surface area contributed by atoms with Gasteiger partial charge in [-0.25, -0.2) is 4.79 Å². The lowest BCUT2D eigenvalue weighted by atomic mass is 9.96. The van der Waals surface area contributed by atoms with Gasteiger partial charge in [-0.05, 0) is 41.8 Å². The minimum absolute atomic E-state index is 0.0318. The molecular weight excluding hydrogens is 343 g/mol. The van der Waals surface area contributed by atoms with Crippen LogP contribution in [0.1, 0.15) is 18.4 Å². The first-order valence-corrected chi connectivity index (χ1v) is 8.65. The Hall–Kier alpha value is -2.34. The average Bonchev–Trinajstić information content (AvgIpc) is 2.60. The maximum atomic E-state index is 13.1. The highest BCUT2D eigenvalue weighted by Crippen LogP contribution is 2.34. The van der Waals surface area contributed by atoms with E-state index in [1.54, 1.807) is 11.0 Å². The highest BCUT2D eigenvalue weighted by Gasteiger charge is 2.41. The van der Waals surface area contributed by atoms with Crippen molar-refractivity contribution in [2.45, 2.75) is 25.6 Å². The molecule has 2 aromatic carbocycles. The number of halogens is 3. The topological polar surface area (TPSA) is 33.5 Å². The monoisotopic (exact) mass is 361 g/mol. The summed E-state index contributed by atoms with van der Waals surface area (Å²) >= 11 is 0. The molecule has 1 atom stereocenters. The molecule has 0 N–H and O–H groups in total. The van der Waals surface area contributed by atoms with Crippen LogP contribution in [0.3, 0.4) is 0 Å². The molecule has 26 heavy (non-hydrogen) atoms. The zero-order valence-electron chi connectivity index (χ0n) is 14.1. The summed E-state index contributed by atoms with van der Waals surface area (Å²) in [5, 5.41) is 2.74. The van der Waals surface area contributed by atoms with Crippen LogP contribution in [0, 0.1) is 5.92 Å². The van der Waals surface area contributed by atoms with E-state index in [0.717, 1.165) is 21.7 Å². The van der Waals surface area contributed by atoms with Crippen LogP contribution in [0.5, 0.6) is 0 Å². The third-order valence-electron chi connectivity index (χ3n) is 5.08. The molecule has 3 nitrogen and oxygen atoms in total. The minimum atomic E-state index is -4.18. The molecule has 3 aromatic rings. The van der Waals surface area contributed by atoms with E-state index in [0.29, 0.717) is 25.1 Å². The van der Waals surface area contributed by atoms with Crippen LogP contribution in [0.4, 0.5) is 13.2 Å².